The molecule has 2 heterocycles. The van der Waals surface area contributed by atoms with Crippen LogP contribution in [0.2, 0.25) is 5.15 Å². The average Bonchev–Trinajstić information content (AvgIpc) is 2.96. The smallest absolute Gasteiger partial charge is 0.342 e. The number of halogens is 1. The molecule has 0 saturated carbocycles. The fourth-order valence-corrected chi connectivity index (χ4v) is 2.40. The second-order valence-electron chi connectivity index (χ2n) is 5.09. The van der Waals surface area contributed by atoms with Gasteiger partial charge in [0.15, 0.2) is 6.10 Å². The molecule has 7 heteroatoms. The highest BCUT2D eigenvalue weighted by Gasteiger charge is 2.22. The van der Waals surface area contributed by atoms with E-state index in [2.05, 4.69) is 10.3 Å². The van der Waals surface area contributed by atoms with Crippen molar-refractivity contribution in [2.75, 3.05) is 0 Å². The lowest BCUT2D eigenvalue weighted by atomic mass is 10.1. The van der Waals surface area contributed by atoms with E-state index in [0.717, 1.165) is 0 Å². The maximum atomic E-state index is 12.2. The molecule has 1 N–H and O–H groups in total. The van der Waals surface area contributed by atoms with Crippen LogP contribution in [0.1, 0.15) is 34.3 Å². The van der Waals surface area contributed by atoms with Crippen LogP contribution in [0.4, 0.5) is 0 Å². The van der Waals surface area contributed by atoms with Crippen LogP contribution in [0.5, 0.6) is 0 Å². The molecule has 1 amide bonds. The number of rotatable bonds is 5. The third-order valence-electron chi connectivity index (χ3n) is 3.17. The first-order valence-electron chi connectivity index (χ1n) is 7.03. The van der Waals surface area contributed by atoms with Gasteiger partial charge in [0.2, 0.25) is 0 Å². The zero-order valence-corrected chi connectivity index (χ0v) is 13.8. The molecule has 1 atom stereocenters. The number of furan rings is 1. The van der Waals surface area contributed by atoms with E-state index < -0.39 is 18.0 Å². The molecule has 23 heavy (non-hydrogen) atoms. The molecule has 0 fully saturated rings. The zero-order valence-electron chi connectivity index (χ0n) is 13.1. The van der Waals surface area contributed by atoms with Gasteiger partial charge in [-0.25, -0.2) is 9.78 Å². The number of aryl methyl sites for hydroxylation is 2. The third kappa shape index (κ3) is 4.32. The Kier molecular flexibility index (Phi) is 5.39. The van der Waals surface area contributed by atoms with E-state index >= 15 is 0 Å². The minimum Gasteiger partial charge on any atom is -0.467 e. The lowest BCUT2D eigenvalue weighted by Crippen LogP contribution is -2.35. The molecule has 0 bridgehead atoms. The summed E-state index contributed by atoms with van der Waals surface area (Å²) in [5.41, 5.74) is 1.52. The minimum absolute atomic E-state index is 0.0655. The van der Waals surface area contributed by atoms with E-state index in [0.29, 0.717) is 17.0 Å². The van der Waals surface area contributed by atoms with Gasteiger partial charge in [0.25, 0.3) is 5.91 Å². The van der Waals surface area contributed by atoms with Gasteiger partial charge in [-0.2, -0.15) is 0 Å². The molecular formula is C16H17ClN2O4. The number of hydrogen-bond acceptors (Lipinski definition) is 5. The van der Waals surface area contributed by atoms with Crippen molar-refractivity contribution in [3.05, 3.63) is 52.2 Å². The monoisotopic (exact) mass is 336 g/mol. The van der Waals surface area contributed by atoms with Gasteiger partial charge in [0.1, 0.15) is 10.9 Å². The highest BCUT2D eigenvalue weighted by atomic mass is 35.5. The molecule has 2 rings (SSSR count). The summed E-state index contributed by atoms with van der Waals surface area (Å²) < 4.78 is 10.3. The van der Waals surface area contributed by atoms with Gasteiger partial charge in [-0.1, -0.05) is 11.6 Å². The van der Waals surface area contributed by atoms with Crippen molar-refractivity contribution in [1.29, 1.82) is 0 Å². The predicted octanol–water partition coefficient (Wildman–Crippen LogP) is 2.81. The first-order chi connectivity index (χ1) is 10.9. The second-order valence-corrected chi connectivity index (χ2v) is 5.45. The van der Waals surface area contributed by atoms with Crippen LogP contribution in [0.3, 0.4) is 0 Å². The summed E-state index contributed by atoms with van der Waals surface area (Å²) in [6.45, 7) is 5.22. The molecular weight excluding hydrogens is 320 g/mol. The first-order valence-corrected chi connectivity index (χ1v) is 7.41. The molecule has 2 aromatic rings. The van der Waals surface area contributed by atoms with Crippen LogP contribution in [0.15, 0.2) is 28.9 Å². The van der Waals surface area contributed by atoms with E-state index in [4.69, 9.17) is 20.8 Å². The van der Waals surface area contributed by atoms with E-state index in [1.54, 1.807) is 32.0 Å². The normalized spacial score (nSPS) is 11.8. The molecule has 0 aromatic carbocycles. The van der Waals surface area contributed by atoms with Gasteiger partial charge in [-0.15, -0.1) is 0 Å². The summed E-state index contributed by atoms with van der Waals surface area (Å²) in [6.07, 6.45) is 0.550. The van der Waals surface area contributed by atoms with Gasteiger partial charge >= 0.3 is 5.97 Å². The van der Waals surface area contributed by atoms with Crippen LogP contribution in [-0.4, -0.2) is 23.0 Å². The van der Waals surface area contributed by atoms with Gasteiger partial charge in [0, 0.05) is 5.69 Å². The van der Waals surface area contributed by atoms with Crippen molar-refractivity contribution in [2.24, 2.45) is 0 Å². The molecule has 0 radical (unpaired) electrons. The van der Waals surface area contributed by atoms with Crippen molar-refractivity contribution in [3.63, 3.8) is 0 Å². The Hall–Kier alpha value is -2.34. The van der Waals surface area contributed by atoms with E-state index in [1.807, 2.05) is 0 Å². The molecule has 0 aliphatic carbocycles. The molecule has 0 unspecified atom stereocenters. The van der Waals surface area contributed by atoms with Crippen LogP contribution in [-0.2, 0) is 16.1 Å². The fourth-order valence-electron chi connectivity index (χ4n) is 2.04. The van der Waals surface area contributed by atoms with Crippen molar-refractivity contribution < 1.29 is 18.7 Å². The summed E-state index contributed by atoms with van der Waals surface area (Å²) in [6, 6.07) is 5.18. The maximum Gasteiger partial charge on any atom is 0.342 e. The second kappa shape index (κ2) is 7.28. The number of carbonyl (C=O) groups is 2. The molecule has 6 nitrogen and oxygen atoms in total. The summed E-state index contributed by atoms with van der Waals surface area (Å²) in [7, 11) is 0. The van der Waals surface area contributed by atoms with Crippen LogP contribution < -0.4 is 5.32 Å². The zero-order chi connectivity index (χ0) is 17.0. The summed E-state index contributed by atoms with van der Waals surface area (Å²) in [5, 5.41) is 2.69. The number of ether oxygens (including phenoxy) is 1. The van der Waals surface area contributed by atoms with Gasteiger partial charge in [-0.05, 0) is 44.5 Å². The number of pyridine rings is 1. The van der Waals surface area contributed by atoms with Crippen molar-refractivity contribution in [3.8, 4) is 0 Å². The summed E-state index contributed by atoms with van der Waals surface area (Å²) in [5.74, 6) is -0.497. The van der Waals surface area contributed by atoms with Crippen LogP contribution in [0.25, 0.3) is 0 Å². The number of carbonyl (C=O) groups excluding carboxylic acids is 2. The quantitative estimate of drug-likeness (QED) is 0.670. The summed E-state index contributed by atoms with van der Waals surface area (Å²) >= 11 is 6.00. The fraction of sp³-hybridized carbons (Fsp3) is 0.312. The highest BCUT2D eigenvalue weighted by molar-refractivity contribution is 6.32. The highest BCUT2D eigenvalue weighted by Crippen LogP contribution is 2.20. The Morgan fingerprint density at radius 1 is 1.43 bits per heavy atom. The number of nitrogens with zero attached hydrogens (tertiary/aromatic N) is 1. The number of hydrogen-bond donors (Lipinski definition) is 1. The number of esters is 1. The maximum absolute atomic E-state index is 12.2. The van der Waals surface area contributed by atoms with Crippen LogP contribution >= 0.6 is 11.6 Å². The molecule has 0 aliphatic rings. The number of amides is 1. The third-order valence-corrected chi connectivity index (χ3v) is 3.45. The molecule has 0 spiro atoms. The number of aromatic nitrogens is 1. The Labute approximate surface area is 138 Å². The SMILES string of the molecule is Cc1cc(C)c(C(=O)O[C@@H](C)C(=O)NCc2ccco2)c(Cl)n1. The van der Waals surface area contributed by atoms with Gasteiger partial charge in [-0.3, -0.25) is 4.79 Å². The Bertz CT molecular complexity index is 690. The van der Waals surface area contributed by atoms with E-state index in [1.165, 1.54) is 13.2 Å². The predicted molar refractivity (Wildman–Crippen MR) is 84.2 cm³/mol. The Morgan fingerprint density at radius 2 is 2.17 bits per heavy atom. The lowest BCUT2D eigenvalue weighted by Gasteiger charge is -2.14. The lowest BCUT2D eigenvalue weighted by molar-refractivity contribution is -0.129. The van der Waals surface area contributed by atoms with Crippen molar-refractivity contribution in [1.82, 2.24) is 10.3 Å². The topological polar surface area (TPSA) is 81.4 Å². The van der Waals surface area contributed by atoms with Crippen molar-refractivity contribution in [2.45, 2.75) is 33.4 Å². The minimum atomic E-state index is -0.964. The number of nitrogens with one attached hydrogen (secondary N) is 1. The van der Waals surface area contributed by atoms with Crippen molar-refractivity contribution >= 4 is 23.5 Å². The van der Waals surface area contributed by atoms with Crippen LogP contribution in [0, 0.1) is 13.8 Å². The van der Waals surface area contributed by atoms with E-state index in [-0.39, 0.29) is 17.3 Å². The Morgan fingerprint density at radius 3 is 2.78 bits per heavy atom. The van der Waals surface area contributed by atoms with E-state index in [9.17, 15) is 9.59 Å². The average molecular weight is 337 g/mol. The molecule has 0 saturated heterocycles. The largest absolute Gasteiger partial charge is 0.467 e. The Balaban J connectivity index is 1.98. The molecule has 122 valence electrons. The molecule has 0 aliphatic heterocycles. The van der Waals surface area contributed by atoms with Gasteiger partial charge < -0.3 is 14.5 Å². The first kappa shape index (κ1) is 17.0. The van der Waals surface area contributed by atoms with Gasteiger partial charge in [0.05, 0.1) is 18.4 Å². The molecule has 2 aromatic heterocycles. The standard InChI is InChI=1S/C16H17ClN2O4/c1-9-7-10(2)19-14(17)13(9)16(21)23-11(3)15(20)18-8-12-5-4-6-22-12/h4-7,11H,8H2,1-3H3,(H,18,20)/t11-/m0/s1. The summed E-state index contributed by atoms with van der Waals surface area (Å²) in [4.78, 5) is 28.2.